The number of halogens is 1. The summed E-state index contributed by atoms with van der Waals surface area (Å²) in [5, 5.41) is 3.02. The molecular formula is C26H22ClN3O4. The van der Waals surface area contributed by atoms with Crippen molar-refractivity contribution in [2.45, 2.75) is 18.9 Å². The molecule has 2 amide bonds. The van der Waals surface area contributed by atoms with Crippen LogP contribution in [-0.4, -0.2) is 47.3 Å². The van der Waals surface area contributed by atoms with Gasteiger partial charge in [-0.25, -0.2) is 9.78 Å². The van der Waals surface area contributed by atoms with E-state index in [1.165, 1.54) is 0 Å². The van der Waals surface area contributed by atoms with Crippen molar-refractivity contribution < 1.29 is 19.1 Å². The lowest BCUT2D eigenvalue weighted by molar-refractivity contribution is -0.00306. The van der Waals surface area contributed by atoms with Gasteiger partial charge in [0.2, 0.25) is 0 Å². The van der Waals surface area contributed by atoms with E-state index in [-0.39, 0.29) is 29.4 Å². The molecule has 0 aliphatic carbocycles. The average molecular weight is 476 g/mol. The fourth-order valence-electron chi connectivity index (χ4n) is 4.60. The van der Waals surface area contributed by atoms with Gasteiger partial charge in [0.05, 0.1) is 28.4 Å². The lowest BCUT2D eigenvalue weighted by atomic mass is 9.91. The largest absolute Gasteiger partial charge is 0.449 e. The van der Waals surface area contributed by atoms with Crippen molar-refractivity contribution in [1.82, 2.24) is 15.2 Å². The highest BCUT2D eigenvalue weighted by Crippen LogP contribution is 2.43. The van der Waals surface area contributed by atoms with E-state index < -0.39 is 5.60 Å². The van der Waals surface area contributed by atoms with Crippen molar-refractivity contribution in [1.29, 1.82) is 0 Å². The van der Waals surface area contributed by atoms with Gasteiger partial charge in [0.15, 0.2) is 5.60 Å². The second-order valence-electron chi connectivity index (χ2n) is 8.37. The second-order valence-corrected chi connectivity index (χ2v) is 8.78. The fraction of sp³-hybridized carbons (Fsp3) is 0.231. The van der Waals surface area contributed by atoms with E-state index in [1.54, 1.807) is 53.4 Å². The summed E-state index contributed by atoms with van der Waals surface area (Å²) in [5.74, 6) is -0.827. The molecule has 172 valence electrons. The van der Waals surface area contributed by atoms with Crippen LogP contribution in [0.2, 0.25) is 5.02 Å². The van der Waals surface area contributed by atoms with E-state index in [1.807, 2.05) is 19.1 Å². The van der Waals surface area contributed by atoms with Gasteiger partial charge in [-0.1, -0.05) is 41.9 Å². The van der Waals surface area contributed by atoms with Crippen molar-refractivity contribution in [3.63, 3.8) is 0 Å². The Labute approximate surface area is 201 Å². The minimum absolute atomic E-state index is 0.224. The first kappa shape index (κ1) is 22.1. The van der Waals surface area contributed by atoms with E-state index in [9.17, 15) is 14.4 Å². The molecule has 2 aromatic carbocycles. The number of benzene rings is 2. The summed E-state index contributed by atoms with van der Waals surface area (Å²) >= 11 is 6.52. The van der Waals surface area contributed by atoms with Crippen LogP contribution in [0.15, 0.2) is 60.7 Å². The monoisotopic (exact) mass is 475 g/mol. The molecular weight excluding hydrogens is 454 g/mol. The Morgan fingerprint density at radius 3 is 2.76 bits per heavy atom. The summed E-state index contributed by atoms with van der Waals surface area (Å²) in [4.78, 5) is 43.8. The van der Waals surface area contributed by atoms with Crippen LogP contribution < -0.4 is 5.32 Å². The van der Waals surface area contributed by atoms with Gasteiger partial charge in [-0.15, -0.1) is 0 Å². The zero-order chi connectivity index (χ0) is 23.9. The molecule has 2 aliphatic rings. The van der Waals surface area contributed by atoms with Gasteiger partial charge in [-0.2, -0.15) is 0 Å². The van der Waals surface area contributed by atoms with Crippen molar-refractivity contribution in [2.24, 2.45) is 0 Å². The molecule has 0 bridgehead atoms. The van der Waals surface area contributed by atoms with E-state index in [4.69, 9.17) is 16.3 Å². The van der Waals surface area contributed by atoms with Gasteiger partial charge in [-0.3, -0.25) is 9.59 Å². The normalized spacial score (nSPS) is 18.6. The Kier molecular flexibility index (Phi) is 5.57. The van der Waals surface area contributed by atoms with Crippen LogP contribution in [0.25, 0.3) is 11.3 Å². The highest BCUT2D eigenvalue weighted by atomic mass is 35.5. The number of nitrogens with zero attached hydrogens (tertiary/aromatic N) is 2. The number of likely N-dealkylation sites (tertiary alicyclic amines) is 1. The molecule has 1 saturated heterocycles. The molecule has 1 N–H and O–H groups in total. The number of ether oxygens (including phenoxy) is 1. The minimum atomic E-state index is -0.806. The maximum atomic E-state index is 13.3. The standard InChI is InChI=1S/C26H22ClN3O4/c1-2-28-23(31)22-9-5-8-21(29-22)16-10-11-18(20(27)14-16)24(32)30-13-12-26(15-30)19-7-4-3-6-17(19)25(33)34-26/h3-11,14H,2,12-13,15H2,1H3,(H,28,31)/t26-/m0/s1. The average Bonchev–Trinajstić information content (AvgIpc) is 3.40. The molecule has 2 aliphatic heterocycles. The molecule has 8 heteroatoms. The summed E-state index contributed by atoms with van der Waals surface area (Å²) < 4.78 is 5.74. The summed E-state index contributed by atoms with van der Waals surface area (Å²) in [6, 6.07) is 17.6. The van der Waals surface area contributed by atoms with Crippen LogP contribution in [0.4, 0.5) is 0 Å². The number of amides is 2. The lowest BCUT2D eigenvalue weighted by Crippen LogP contribution is -2.34. The Balaban J connectivity index is 1.37. The number of hydrogen-bond donors (Lipinski definition) is 1. The SMILES string of the molecule is CCNC(=O)c1cccc(-c2ccc(C(=O)N3CC[C@@]4(C3)OC(=O)c3ccccc34)c(Cl)c2)n1. The van der Waals surface area contributed by atoms with E-state index >= 15 is 0 Å². The van der Waals surface area contributed by atoms with Crippen LogP contribution in [-0.2, 0) is 10.3 Å². The molecule has 3 aromatic rings. The number of aromatic nitrogens is 1. The van der Waals surface area contributed by atoms with Crippen LogP contribution in [0.5, 0.6) is 0 Å². The number of esters is 1. The number of carbonyl (C=O) groups is 3. The third-order valence-corrected chi connectivity index (χ3v) is 6.57. The summed E-state index contributed by atoms with van der Waals surface area (Å²) in [6.45, 7) is 3.09. The number of nitrogens with one attached hydrogen (secondary N) is 1. The highest BCUT2D eigenvalue weighted by Gasteiger charge is 2.51. The number of rotatable bonds is 4. The quantitative estimate of drug-likeness (QED) is 0.575. The van der Waals surface area contributed by atoms with Gasteiger partial charge in [0.25, 0.3) is 11.8 Å². The molecule has 5 rings (SSSR count). The minimum Gasteiger partial charge on any atom is -0.449 e. The number of carbonyl (C=O) groups excluding carboxylic acids is 3. The molecule has 1 spiro atoms. The lowest BCUT2D eigenvalue weighted by Gasteiger charge is -2.24. The third kappa shape index (κ3) is 3.72. The molecule has 1 fully saturated rings. The van der Waals surface area contributed by atoms with Crippen molar-refractivity contribution in [2.75, 3.05) is 19.6 Å². The number of fused-ring (bicyclic) bond motifs is 2. The van der Waals surface area contributed by atoms with Gasteiger partial charge < -0.3 is 15.0 Å². The third-order valence-electron chi connectivity index (χ3n) is 6.26. The van der Waals surface area contributed by atoms with Crippen LogP contribution in [0.1, 0.15) is 50.1 Å². The van der Waals surface area contributed by atoms with E-state index in [0.29, 0.717) is 47.6 Å². The Bertz CT molecular complexity index is 1320. The van der Waals surface area contributed by atoms with Crippen LogP contribution in [0.3, 0.4) is 0 Å². The van der Waals surface area contributed by atoms with Crippen LogP contribution >= 0.6 is 11.6 Å². The van der Waals surface area contributed by atoms with Crippen LogP contribution in [0, 0.1) is 0 Å². The predicted molar refractivity (Wildman–Crippen MR) is 127 cm³/mol. The van der Waals surface area contributed by atoms with E-state index in [2.05, 4.69) is 10.3 Å². The Morgan fingerprint density at radius 2 is 1.97 bits per heavy atom. The first-order valence-electron chi connectivity index (χ1n) is 11.1. The molecule has 0 saturated carbocycles. The maximum Gasteiger partial charge on any atom is 0.339 e. The van der Waals surface area contributed by atoms with Crippen molar-refractivity contribution in [3.8, 4) is 11.3 Å². The summed E-state index contributed by atoms with van der Waals surface area (Å²) in [6.07, 6.45) is 0.535. The molecule has 1 aromatic heterocycles. The van der Waals surface area contributed by atoms with Crippen molar-refractivity contribution in [3.05, 3.63) is 88.1 Å². The molecule has 1 atom stereocenters. The van der Waals surface area contributed by atoms with Gasteiger partial charge in [0.1, 0.15) is 5.69 Å². The van der Waals surface area contributed by atoms with Gasteiger partial charge in [0, 0.05) is 30.6 Å². The maximum absolute atomic E-state index is 13.3. The predicted octanol–water partition coefficient (Wildman–Crippen LogP) is 4.06. The smallest absolute Gasteiger partial charge is 0.339 e. The highest BCUT2D eigenvalue weighted by molar-refractivity contribution is 6.34. The molecule has 3 heterocycles. The topological polar surface area (TPSA) is 88.6 Å². The molecule has 0 radical (unpaired) electrons. The number of pyridine rings is 1. The second kappa shape index (κ2) is 8.57. The molecule has 34 heavy (non-hydrogen) atoms. The van der Waals surface area contributed by atoms with E-state index in [0.717, 1.165) is 5.56 Å². The number of hydrogen-bond acceptors (Lipinski definition) is 5. The zero-order valence-corrected chi connectivity index (χ0v) is 19.3. The first-order valence-corrected chi connectivity index (χ1v) is 11.5. The Morgan fingerprint density at radius 1 is 1.15 bits per heavy atom. The summed E-state index contributed by atoms with van der Waals surface area (Å²) in [5.41, 5.74) is 2.53. The Hall–Kier alpha value is -3.71. The van der Waals surface area contributed by atoms with Gasteiger partial charge in [-0.05, 0) is 37.3 Å². The van der Waals surface area contributed by atoms with Gasteiger partial charge >= 0.3 is 5.97 Å². The first-order chi connectivity index (χ1) is 16.4. The molecule has 7 nitrogen and oxygen atoms in total. The molecule has 0 unspecified atom stereocenters. The zero-order valence-electron chi connectivity index (χ0n) is 18.5. The summed E-state index contributed by atoms with van der Waals surface area (Å²) in [7, 11) is 0. The van der Waals surface area contributed by atoms with Crippen molar-refractivity contribution >= 4 is 29.4 Å². The fourth-order valence-corrected chi connectivity index (χ4v) is 4.86.